The van der Waals surface area contributed by atoms with E-state index >= 15 is 0 Å². The van der Waals surface area contributed by atoms with Crippen LogP contribution in [-0.2, 0) is 16.1 Å². The van der Waals surface area contributed by atoms with E-state index in [4.69, 9.17) is 22.1 Å². The summed E-state index contributed by atoms with van der Waals surface area (Å²) in [5, 5.41) is 7.06. The quantitative estimate of drug-likeness (QED) is 0.621. The van der Waals surface area contributed by atoms with Gasteiger partial charge in [-0.05, 0) is 19.4 Å². The summed E-state index contributed by atoms with van der Waals surface area (Å²) in [7, 11) is 0. The van der Waals surface area contributed by atoms with Crippen molar-refractivity contribution in [2.24, 2.45) is 0 Å². The molecule has 0 atom stereocenters. The zero-order chi connectivity index (χ0) is 16.8. The number of halogens is 1. The third-order valence-corrected chi connectivity index (χ3v) is 3.40. The van der Waals surface area contributed by atoms with Crippen LogP contribution in [0.4, 0.5) is 11.9 Å². The summed E-state index contributed by atoms with van der Waals surface area (Å²) in [6.45, 7) is 4.08. The van der Waals surface area contributed by atoms with Crippen LogP contribution in [-0.4, -0.2) is 27.3 Å². The van der Waals surface area contributed by atoms with Gasteiger partial charge in [-0.1, -0.05) is 41.9 Å². The van der Waals surface area contributed by atoms with Crippen molar-refractivity contribution in [2.45, 2.75) is 20.4 Å². The van der Waals surface area contributed by atoms with Crippen molar-refractivity contribution >= 4 is 29.5 Å². The van der Waals surface area contributed by atoms with Crippen LogP contribution in [0.3, 0.4) is 0 Å². The number of carbonyl (C=O) groups excluding carboxylic acids is 1. The lowest BCUT2D eigenvalue weighted by Gasteiger charge is -2.05. The van der Waals surface area contributed by atoms with E-state index in [-0.39, 0.29) is 23.5 Å². The van der Waals surface area contributed by atoms with Crippen LogP contribution in [0.5, 0.6) is 0 Å². The molecule has 0 fully saturated rings. The molecule has 7 nitrogen and oxygen atoms in total. The SMILES string of the molecule is CCOC(=O)/C(Cl)=C(/C)Nc1nc(N)n(Cc2ccccc2)n1. The number of esters is 1. The first-order valence-corrected chi connectivity index (χ1v) is 7.43. The van der Waals surface area contributed by atoms with Crippen molar-refractivity contribution in [3.63, 3.8) is 0 Å². The fourth-order valence-corrected chi connectivity index (χ4v) is 1.95. The van der Waals surface area contributed by atoms with Gasteiger partial charge in [0, 0.05) is 5.70 Å². The second-order valence-electron chi connectivity index (χ2n) is 4.72. The first kappa shape index (κ1) is 16.8. The van der Waals surface area contributed by atoms with E-state index in [1.165, 1.54) is 0 Å². The molecule has 0 bridgehead atoms. The number of nitrogens with two attached hydrogens (primary N) is 1. The number of rotatable bonds is 6. The van der Waals surface area contributed by atoms with Crippen LogP contribution < -0.4 is 11.1 Å². The van der Waals surface area contributed by atoms with Crippen LogP contribution in [0.1, 0.15) is 19.4 Å². The van der Waals surface area contributed by atoms with Crippen LogP contribution >= 0.6 is 11.6 Å². The number of hydrogen-bond acceptors (Lipinski definition) is 6. The Labute approximate surface area is 139 Å². The van der Waals surface area contributed by atoms with Gasteiger partial charge in [-0.3, -0.25) is 0 Å². The smallest absolute Gasteiger partial charge is 0.351 e. The monoisotopic (exact) mass is 335 g/mol. The molecule has 0 saturated heterocycles. The minimum Gasteiger partial charge on any atom is -0.462 e. The predicted molar refractivity (Wildman–Crippen MR) is 88.8 cm³/mol. The Morgan fingerprint density at radius 1 is 1.39 bits per heavy atom. The summed E-state index contributed by atoms with van der Waals surface area (Å²) in [5.41, 5.74) is 7.30. The van der Waals surface area contributed by atoms with Gasteiger partial charge in [-0.25, -0.2) is 9.48 Å². The predicted octanol–water partition coefficient (Wildman–Crippen LogP) is 2.35. The third-order valence-electron chi connectivity index (χ3n) is 2.96. The third kappa shape index (κ3) is 4.46. The Bertz CT molecular complexity index is 712. The van der Waals surface area contributed by atoms with Crippen LogP contribution in [0.2, 0.25) is 0 Å². The molecule has 8 heteroatoms. The Hall–Kier alpha value is -2.54. The van der Waals surface area contributed by atoms with Crippen molar-refractivity contribution < 1.29 is 9.53 Å². The van der Waals surface area contributed by atoms with Crippen molar-refractivity contribution in [2.75, 3.05) is 17.7 Å². The number of carbonyl (C=O) groups is 1. The molecule has 0 aliphatic rings. The van der Waals surface area contributed by atoms with Gasteiger partial charge in [0.15, 0.2) is 0 Å². The Morgan fingerprint density at radius 3 is 2.74 bits per heavy atom. The van der Waals surface area contributed by atoms with Gasteiger partial charge in [-0.2, -0.15) is 4.98 Å². The minimum absolute atomic E-state index is 0.0511. The Balaban J connectivity index is 2.12. The van der Waals surface area contributed by atoms with Crippen LogP contribution in [0.25, 0.3) is 0 Å². The highest BCUT2D eigenvalue weighted by Crippen LogP contribution is 2.15. The second kappa shape index (κ2) is 7.64. The molecule has 0 unspecified atom stereocenters. The molecular formula is C15H18ClN5O2. The first-order chi connectivity index (χ1) is 11.0. The molecule has 1 aromatic carbocycles. The highest BCUT2D eigenvalue weighted by atomic mass is 35.5. The van der Waals surface area contributed by atoms with E-state index in [1.807, 2.05) is 30.3 Å². The normalized spacial score (nSPS) is 11.8. The number of nitrogens with zero attached hydrogens (tertiary/aromatic N) is 3. The number of nitrogens with one attached hydrogen (secondary N) is 1. The summed E-state index contributed by atoms with van der Waals surface area (Å²) >= 11 is 5.94. The average molecular weight is 336 g/mol. The molecule has 1 aromatic heterocycles. The fourth-order valence-electron chi connectivity index (χ4n) is 1.85. The number of hydrogen-bond donors (Lipinski definition) is 2. The molecule has 2 rings (SSSR count). The molecule has 3 N–H and O–H groups in total. The molecular weight excluding hydrogens is 318 g/mol. The number of nitrogen functional groups attached to an aromatic ring is 1. The zero-order valence-corrected chi connectivity index (χ0v) is 13.7. The van der Waals surface area contributed by atoms with E-state index in [0.717, 1.165) is 5.56 Å². The summed E-state index contributed by atoms with van der Waals surface area (Å²) < 4.78 is 6.39. The molecule has 0 saturated carbocycles. The second-order valence-corrected chi connectivity index (χ2v) is 5.10. The Kier molecular flexibility index (Phi) is 5.59. The average Bonchev–Trinajstić information content (AvgIpc) is 2.87. The van der Waals surface area contributed by atoms with E-state index in [1.54, 1.807) is 18.5 Å². The van der Waals surface area contributed by atoms with Gasteiger partial charge in [0.05, 0.1) is 13.2 Å². The summed E-state index contributed by atoms with van der Waals surface area (Å²) in [4.78, 5) is 15.7. The molecule has 23 heavy (non-hydrogen) atoms. The number of ether oxygens (including phenoxy) is 1. The van der Waals surface area contributed by atoms with Crippen molar-refractivity contribution in [3.8, 4) is 0 Å². The number of benzene rings is 1. The van der Waals surface area contributed by atoms with Gasteiger partial charge in [0.2, 0.25) is 11.9 Å². The van der Waals surface area contributed by atoms with Crippen molar-refractivity contribution in [3.05, 3.63) is 46.6 Å². The molecule has 0 amide bonds. The van der Waals surface area contributed by atoms with Crippen LogP contribution in [0, 0.1) is 0 Å². The number of anilines is 2. The molecule has 1 heterocycles. The molecule has 2 aromatic rings. The summed E-state index contributed by atoms with van der Waals surface area (Å²) in [5.74, 6) is -0.0781. The maximum absolute atomic E-state index is 11.6. The van der Waals surface area contributed by atoms with Crippen molar-refractivity contribution in [1.29, 1.82) is 0 Å². The highest BCUT2D eigenvalue weighted by Gasteiger charge is 2.14. The molecule has 0 aliphatic carbocycles. The maximum Gasteiger partial charge on any atom is 0.351 e. The lowest BCUT2D eigenvalue weighted by molar-refractivity contribution is -0.137. The van der Waals surface area contributed by atoms with Crippen molar-refractivity contribution in [1.82, 2.24) is 14.8 Å². The Morgan fingerprint density at radius 2 is 2.09 bits per heavy atom. The molecule has 0 aliphatic heterocycles. The van der Waals surface area contributed by atoms with Crippen LogP contribution in [0.15, 0.2) is 41.1 Å². The first-order valence-electron chi connectivity index (χ1n) is 7.06. The highest BCUT2D eigenvalue weighted by molar-refractivity contribution is 6.41. The maximum atomic E-state index is 11.6. The van der Waals surface area contributed by atoms with E-state index in [2.05, 4.69) is 15.4 Å². The molecule has 0 spiro atoms. The standard InChI is InChI=1S/C15H18ClN5O2/c1-3-23-13(22)12(16)10(2)18-15-19-14(17)21(20-15)9-11-7-5-4-6-8-11/h4-8H,3,9H2,1-2H3,(H3,17,18,19,20)/b12-10+. The molecule has 0 radical (unpaired) electrons. The number of allylic oxidation sites excluding steroid dienone is 1. The van der Waals surface area contributed by atoms with E-state index < -0.39 is 5.97 Å². The lowest BCUT2D eigenvalue weighted by Crippen LogP contribution is -2.10. The van der Waals surface area contributed by atoms with E-state index in [0.29, 0.717) is 12.2 Å². The van der Waals surface area contributed by atoms with Gasteiger partial charge < -0.3 is 15.8 Å². The van der Waals surface area contributed by atoms with Gasteiger partial charge in [0.1, 0.15) is 5.03 Å². The zero-order valence-electron chi connectivity index (χ0n) is 12.9. The topological polar surface area (TPSA) is 95.1 Å². The van der Waals surface area contributed by atoms with Gasteiger partial charge in [-0.15, -0.1) is 5.10 Å². The van der Waals surface area contributed by atoms with Gasteiger partial charge in [0.25, 0.3) is 0 Å². The number of aromatic nitrogens is 3. The van der Waals surface area contributed by atoms with Gasteiger partial charge >= 0.3 is 5.97 Å². The lowest BCUT2D eigenvalue weighted by atomic mass is 10.2. The van der Waals surface area contributed by atoms with E-state index in [9.17, 15) is 4.79 Å². The summed E-state index contributed by atoms with van der Waals surface area (Å²) in [6, 6.07) is 9.75. The molecule has 122 valence electrons. The fraction of sp³-hybridized carbons (Fsp3) is 0.267. The summed E-state index contributed by atoms with van der Waals surface area (Å²) in [6.07, 6.45) is 0. The largest absolute Gasteiger partial charge is 0.462 e. The minimum atomic E-state index is -0.601.